The molecule has 2 rings (SSSR count). The van der Waals surface area contributed by atoms with Gasteiger partial charge in [0.05, 0.1) is 7.11 Å². The second kappa shape index (κ2) is 7.97. The van der Waals surface area contributed by atoms with Crippen LogP contribution in [0, 0.1) is 6.92 Å². The summed E-state index contributed by atoms with van der Waals surface area (Å²) in [4.78, 5) is 11.7. The monoisotopic (exact) mass is 374 g/mol. The van der Waals surface area contributed by atoms with E-state index in [2.05, 4.69) is 15.9 Å². The normalized spacial score (nSPS) is 11.2. The molecule has 0 radical (unpaired) electrons. The zero-order valence-electron chi connectivity index (χ0n) is 13.4. The van der Waals surface area contributed by atoms with Crippen LogP contribution in [0.4, 0.5) is 0 Å². The number of hydrogen-bond donors (Lipinski definition) is 0. The molecule has 0 bridgehead atoms. The standard InChI is InChI=1S/C19H19BrO3/c1-4-14(19(21)22-3)11-17-13(2)10-16(12-18(17)20)23-15-8-6-5-7-9-15/h5-12H,4H2,1-3H3/b14-11+. The van der Waals surface area contributed by atoms with Crippen molar-refractivity contribution in [1.29, 1.82) is 0 Å². The Morgan fingerprint density at radius 1 is 1.17 bits per heavy atom. The highest BCUT2D eigenvalue weighted by molar-refractivity contribution is 9.10. The molecule has 0 saturated carbocycles. The summed E-state index contributed by atoms with van der Waals surface area (Å²) < 4.78 is 11.5. The molecule has 0 unspecified atom stereocenters. The molecular weight excluding hydrogens is 356 g/mol. The Balaban J connectivity index is 2.34. The van der Waals surface area contributed by atoms with Gasteiger partial charge in [-0.25, -0.2) is 4.79 Å². The number of carbonyl (C=O) groups excluding carboxylic acids is 1. The Morgan fingerprint density at radius 3 is 2.43 bits per heavy atom. The molecule has 23 heavy (non-hydrogen) atoms. The van der Waals surface area contributed by atoms with Crippen molar-refractivity contribution in [2.75, 3.05) is 7.11 Å². The van der Waals surface area contributed by atoms with Gasteiger partial charge in [-0.2, -0.15) is 0 Å². The van der Waals surface area contributed by atoms with Gasteiger partial charge in [-0.15, -0.1) is 0 Å². The maximum Gasteiger partial charge on any atom is 0.333 e. The maximum atomic E-state index is 11.7. The number of rotatable bonds is 5. The fourth-order valence-corrected chi connectivity index (χ4v) is 2.85. The van der Waals surface area contributed by atoms with Gasteiger partial charge in [0, 0.05) is 10.0 Å². The van der Waals surface area contributed by atoms with Gasteiger partial charge in [0.1, 0.15) is 11.5 Å². The summed E-state index contributed by atoms with van der Waals surface area (Å²) in [6, 6.07) is 13.5. The van der Waals surface area contributed by atoms with Gasteiger partial charge in [-0.05, 0) is 54.8 Å². The summed E-state index contributed by atoms with van der Waals surface area (Å²) >= 11 is 3.56. The summed E-state index contributed by atoms with van der Waals surface area (Å²) in [6.07, 6.45) is 2.47. The molecule has 0 fully saturated rings. The minimum atomic E-state index is -0.302. The Kier molecular flexibility index (Phi) is 5.99. The first-order valence-corrected chi connectivity index (χ1v) is 8.16. The molecule has 120 valence electrons. The van der Waals surface area contributed by atoms with Crippen LogP contribution in [0.3, 0.4) is 0 Å². The van der Waals surface area contributed by atoms with Crippen molar-refractivity contribution < 1.29 is 14.3 Å². The molecule has 0 N–H and O–H groups in total. The van der Waals surface area contributed by atoms with Gasteiger partial charge in [0.25, 0.3) is 0 Å². The minimum absolute atomic E-state index is 0.302. The third-order valence-electron chi connectivity index (χ3n) is 3.44. The zero-order chi connectivity index (χ0) is 16.8. The van der Waals surface area contributed by atoms with Gasteiger partial charge in [-0.3, -0.25) is 0 Å². The van der Waals surface area contributed by atoms with Gasteiger partial charge >= 0.3 is 5.97 Å². The summed E-state index contributed by atoms with van der Waals surface area (Å²) in [5.74, 6) is 1.23. The first-order chi connectivity index (χ1) is 11.0. The van der Waals surface area contributed by atoms with Gasteiger partial charge in [0.2, 0.25) is 0 Å². The number of para-hydroxylation sites is 1. The SMILES string of the molecule is CC/C(=C\c1c(C)cc(Oc2ccccc2)cc1Br)C(=O)OC. The van der Waals surface area contributed by atoms with E-state index in [-0.39, 0.29) is 5.97 Å². The van der Waals surface area contributed by atoms with E-state index in [9.17, 15) is 4.79 Å². The molecular formula is C19H19BrO3. The highest BCUT2D eigenvalue weighted by Gasteiger charge is 2.11. The summed E-state index contributed by atoms with van der Waals surface area (Å²) in [5.41, 5.74) is 2.60. The number of esters is 1. The van der Waals surface area contributed by atoms with Gasteiger partial charge < -0.3 is 9.47 Å². The lowest BCUT2D eigenvalue weighted by Crippen LogP contribution is -2.04. The molecule has 0 atom stereocenters. The summed E-state index contributed by atoms with van der Waals surface area (Å²) in [7, 11) is 1.39. The number of hydrogen-bond acceptors (Lipinski definition) is 3. The van der Waals surface area contributed by atoms with Crippen molar-refractivity contribution in [1.82, 2.24) is 0 Å². The van der Waals surface area contributed by atoms with E-state index in [1.54, 1.807) is 0 Å². The lowest BCUT2D eigenvalue weighted by molar-refractivity contribution is -0.136. The predicted octanol–water partition coefficient (Wildman–Crippen LogP) is 5.52. The van der Waals surface area contributed by atoms with E-state index in [0.29, 0.717) is 12.0 Å². The molecule has 0 spiro atoms. The Labute approximate surface area is 145 Å². The molecule has 0 aliphatic heterocycles. The van der Waals surface area contributed by atoms with Crippen molar-refractivity contribution in [3.05, 3.63) is 63.6 Å². The van der Waals surface area contributed by atoms with Crippen molar-refractivity contribution in [2.24, 2.45) is 0 Å². The van der Waals surface area contributed by atoms with Crippen LogP contribution in [0.5, 0.6) is 11.5 Å². The number of benzene rings is 2. The lowest BCUT2D eigenvalue weighted by Gasteiger charge is -2.11. The topological polar surface area (TPSA) is 35.5 Å². The van der Waals surface area contributed by atoms with E-state index in [4.69, 9.17) is 9.47 Å². The van der Waals surface area contributed by atoms with Crippen molar-refractivity contribution in [3.8, 4) is 11.5 Å². The fraction of sp³-hybridized carbons (Fsp3) is 0.211. The van der Waals surface area contributed by atoms with Gasteiger partial charge in [0.15, 0.2) is 0 Å². The van der Waals surface area contributed by atoms with Crippen LogP contribution in [0.15, 0.2) is 52.5 Å². The molecule has 0 aromatic heterocycles. The van der Waals surface area contributed by atoms with E-state index >= 15 is 0 Å². The summed E-state index contributed by atoms with van der Waals surface area (Å²) in [6.45, 7) is 3.91. The Bertz CT molecular complexity index is 698. The average Bonchev–Trinajstić information content (AvgIpc) is 2.55. The van der Waals surface area contributed by atoms with Crippen molar-refractivity contribution >= 4 is 28.0 Å². The smallest absolute Gasteiger partial charge is 0.333 e. The van der Waals surface area contributed by atoms with Crippen LogP contribution in [-0.2, 0) is 9.53 Å². The van der Waals surface area contributed by atoms with Crippen LogP contribution in [0.2, 0.25) is 0 Å². The van der Waals surface area contributed by atoms with Gasteiger partial charge in [-0.1, -0.05) is 41.1 Å². The number of ether oxygens (including phenoxy) is 2. The second-order valence-electron chi connectivity index (χ2n) is 5.07. The fourth-order valence-electron chi connectivity index (χ4n) is 2.20. The summed E-state index contributed by atoms with van der Waals surface area (Å²) in [5, 5.41) is 0. The molecule has 0 heterocycles. The molecule has 0 aliphatic rings. The van der Waals surface area contributed by atoms with Crippen LogP contribution < -0.4 is 4.74 Å². The second-order valence-corrected chi connectivity index (χ2v) is 5.92. The molecule has 2 aromatic rings. The predicted molar refractivity (Wildman–Crippen MR) is 95.7 cm³/mol. The van der Waals surface area contributed by atoms with E-state index in [0.717, 1.165) is 27.1 Å². The van der Waals surface area contributed by atoms with E-state index in [1.807, 2.05) is 62.4 Å². The van der Waals surface area contributed by atoms with Crippen molar-refractivity contribution in [3.63, 3.8) is 0 Å². The number of halogens is 1. The average molecular weight is 375 g/mol. The zero-order valence-corrected chi connectivity index (χ0v) is 15.0. The van der Waals surface area contributed by atoms with Crippen LogP contribution in [0.1, 0.15) is 24.5 Å². The highest BCUT2D eigenvalue weighted by atomic mass is 79.9. The highest BCUT2D eigenvalue weighted by Crippen LogP contribution is 2.31. The van der Waals surface area contributed by atoms with Crippen LogP contribution in [0.25, 0.3) is 6.08 Å². The first kappa shape index (κ1) is 17.3. The molecule has 2 aromatic carbocycles. The lowest BCUT2D eigenvalue weighted by atomic mass is 10.0. The number of carbonyl (C=O) groups is 1. The molecule has 0 aliphatic carbocycles. The van der Waals surface area contributed by atoms with E-state index < -0.39 is 0 Å². The Morgan fingerprint density at radius 2 is 1.87 bits per heavy atom. The van der Waals surface area contributed by atoms with E-state index in [1.165, 1.54) is 7.11 Å². The number of methoxy groups -OCH3 is 1. The third kappa shape index (κ3) is 4.45. The molecule has 0 saturated heterocycles. The van der Waals surface area contributed by atoms with Crippen LogP contribution in [-0.4, -0.2) is 13.1 Å². The molecule has 0 amide bonds. The number of aryl methyl sites for hydroxylation is 1. The van der Waals surface area contributed by atoms with Crippen molar-refractivity contribution in [2.45, 2.75) is 20.3 Å². The quantitative estimate of drug-likeness (QED) is 0.510. The van der Waals surface area contributed by atoms with Crippen LogP contribution >= 0.6 is 15.9 Å². The minimum Gasteiger partial charge on any atom is -0.466 e. The Hall–Kier alpha value is -2.07. The third-order valence-corrected chi connectivity index (χ3v) is 4.09. The molecule has 4 heteroatoms. The maximum absolute atomic E-state index is 11.7. The molecule has 3 nitrogen and oxygen atoms in total. The first-order valence-electron chi connectivity index (χ1n) is 7.37. The largest absolute Gasteiger partial charge is 0.466 e.